The van der Waals surface area contributed by atoms with E-state index in [-0.39, 0.29) is 12.0 Å². The van der Waals surface area contributed by atoms with E-state index in [1.54, 1.807) is 6.92 Å². The topological polar surface area (TPSA) is 132 Å². The zero-order valence-electron chi connectivity index (χ0n) is 9.65. The van der Waals surface area contributed by atoms with Crippen molar-refractivity contribution < 1.29 is 14.7 Å². The van der Waals surface area contributed by atoms with Crippen LogP contribution in [-0.2, 0) is 4.79 Å². The molecule has 0 aliphatic rings. The van der Waals surface area contributed by atoms with Crippen molar-refractivity contribution in [2.45, 2.75) is 25.8 Å². The number of hydrogen-bond acceptors (Lipinski definition) is 4. The van der Waals surface area contributed by atoms with E-state index in [4.69, 9.17) is 5.11 Å². The third-order valence-corrected chi connectivity index (χ3v) is 2.24. The quantitative estimate of drug-likeness (QED) is 0.538. The summed E-state index contributed by atoms with van der Waals surface area (Å²) in [5, 5.41) is 11.1. The lowest BCUT2D eigenvalue weighted by atomic mass is 10.1. The van der Waals surface area contributed by atoms with Crippen molar-refractivity contribution in [2.75, 3.05) is 0 Å². The molecule has 0 fully saturated rings. The second-order valence-corrected chi connectivity index (χ2v) is 3.64. The average molecular weight is 255 g/mol. The number of nitrogens with one attached hydrogen (secondary N) is 3. The maximum absolute atomic E-state index is 11.7. The highest BCUT2D eigenvalue weighted by Crippen LogP contribution is 1.98. The minimum absolute atomic E-state index is 0.252. The number of H-pyrrole nitrogens is 2. The predicted octanol–water partition coefficient (Wildman–Crippen LogP) is -0.954. The minimum Gasteiger partial charge on any atom is -0.480 e. The molecule has 0 bridgehead atoms. The molecule has 1 heterocycles. The van der Waals surface area contributed by atoms with Gasteiger partial charge in [0.15, 0.2) is 0 Å². The van der Waals surface area contributed by atoms with Crippen LogP contribution in [0.25, 0.3) is 0 Å². The van der Waals surface area contributed by atoms with Crippen molar-refractivity contribution in [2.24, 2.45) is 0 Å². The van der Waals surface area contributed by atoms with Gasteiger partial charge in [0.1, 0.15) is 11.6 Å². The van der Waals surface area contributed by atoms with Crippen LogP contribution >= 0.6 is 0 Å². The van der Waals surface area contributed by atoms with E-state index in [1.165, 1.54) is 0 Å². The number of carboxylic acids is 1. The molecule has 0 radical (unpaired) electrons. The van der Waals surface area contributed by atoms with Crippen molar-refractivity contribution in [3.8, 4) is 0 Å². The van der Waals surface area contributed by atoms with Crippen LogP contribution in [0.15, 0.2) is 15.8 Å². The number of amides is 1. The second kappa shape index (κ2) is 5.80. The summed E-state index contributed by atoms with van der Waals surface area (Å²) in [7, 11) is 0. The highest BCUT2D eigenvalue weighted by atomic mass is 16.4. The fraction of sp³-hybridized carbons (Fsp3) is 0.400. The Labute approximate surface area is 101 Å². The summed E-state index contributed by atoms with van der Waals surface area (Å²) < 4.78 is 0. The van der Waals surface area contributed by atoms with Gasteiger partial charge in [0.2, 0.25) is 0 Å². The summed E-state index contributed by atoms with van der Waals surface area (Å²) >= 11 is 0. The van der Waals surface area contributed by atoms with Gasteiger partial charge >= 0.3 is 11.7 Å². The Kier molecular flexibility index (Phi) is 4.41. The first kappa shape index (κ1) is 13.7. The zero-order chi connectivity index (χ0) is 13.7. The molecular formula is C10H13N3O5. The van der Waals surface area contributed by atoms with Gasteiger partial charge in [-0.3, -0.25) is 14.6 Å². The molecule has 1 aromatic rings. The van der Waals surface area contributed by atoms with Gasteiger partial charge in [0.25, 0.3) is 11.5 Å². The van der Waals surface area contributed by atoms with Crippen molar-refractivity contribution >= 4 is 11.9 Å². The summed E-state index contributed by atoms with van der Waals surface area (Å²) in [6, 6.07) is -1.06. The van der Waals surface area contributed by atoms with Gasteiger partial charge in [-0.2, -0.15) is 0 Å². The average Bonchev–Trinajstić information content (AvgIpc) is 2.27. The van der Waals surface area contributed by atoms with E-state index in [0.717, 1.165) is 6.20 Å². The molecule has 1 amide bonds. The molecule has 1 rings (SSSR count). The Morgan fingerprint density at radius 3 is 2.61 bits per heavy atom. The molecule has 0 saturated carbocycles. The Bertz CT molecular complexity index is 559. The first-order chi connectivity index (χ1) is 8.45. The van der Waals surface area contributed by atoms with Crippen molar-refractivity contribution in [3.05, 3.63) is 32.6 Å². The normalized spacial score (nSPS) is 11.8. The van der Waals surface area contributed by atoms with E-state index >= 15 is 0 Å². The Morgan fingerprint density at radius 2 is 2.11 bits per heavy atom. The van der Waals surface area contributed by atoms with Gasteiger partial charge in [0, 0.05) is 6.20 Å². The van der Waals surface area contributed by atoms with Gasteiger partial charge in [-0.1, -0.05) is 13.3 Å². The zero-order valence-corrected chi connectivity index (χ0v) is 9.65. The third kappa shape index (κ3) is 3.30. The van der Waals surface area contributed by atoms with Gasteiger partial charge in [-0.25, -0.2) is 9.59 Å². The molecule has 0 aliphatic carbocycles. The van der Waals surface area contributed by atoms with Crippen molar-refractivity contribution in [1.82, 2.24) is 15.3 Å². The van der Waals surface area contributed by atoms with E-state index in [1.807, 2.05) is 4.98 Å². The molecule has 1 aromatic heterocycles. The monoisotopic (exact) mass is 255 g/mol. The van der Waals surface area contributed by atoms with E-state index < -0.39 is 29.2 Å². The Morgan fingerprint density at radius 1 is 1.44 bits per heavy atom. The largest absolute Gasteiger partial charge is 0.480 e. The number of aliphatic carboxylic acids is 1. The third-order valence-electron chi connectivity index (χ3n) is 2.24. The number of carbonyl (C=O) groups excluding carboxylic acids is 1. The fourth-order valence-corrected chi connectivity index (χ4v) is 1.36. The molecular weight excluding hydrogens is 242 g/mol. The molecule has 18 heavy (non-hydrogen) atoms. The number of carbonyl (C=O) groups is 2. The number of rotatable bonds is 5. The van der Waals surface area contributed by atoms with Crippen LogP contribution < -0.4 is 16.6 Å². The SMILES string of the molecule is CCC[C@@H](NC(=O)c1c[nH]c(=O)[nH]c1=O)C(=O)O. The summed E-state index contributed by atoms with van der Waals surface area (Å²) in [6.07, 6.45) is 1.77. The predicted molar refractivity (Wildman–Crippen MR) is 61.5 cm³/mol. The lowest BCUT2D eigenvalue weighted by Gasteiger charge is -2.12. The van der Waals surface area contributed by atoms with Crippen LogP contribution in [0.1, 0.15) is 30.1 Å². The van der Waals surface area contributed by atoms with E-state index in [2.05, 4.69) is 10.3 Å². The molecule has 8 heteroatoms. The summed E-state index contributed by atoms with van der Waals surface area (Å²) in [4.78, 5) is 48.6. The molecule has 1 atom stereocenters. The highest BCUT2D eigenvalue weighted by molar-refractivity contribution is 5.95. The Hall–Kier alpha value is -2.38. The van der Waals surface area contributed by atoms with Crippen molar-refractivity contribution in [3.63, 3.8) is 0 Å². The number of hydrogen-bond donors (Lipinski definition) is 4. The number of aromatic nitrogens is 2. The van der Waals surface area contributed by atoms with E-state index in [0.29, 0.717) is 6.42 Å². The first-order valence-corrected chi connectivity index (χ1v) is 5.31. The van der Waals surface area contributed by atoms with E-state index in [9.17, 15) is 19.2 Å². The molecule has 8 nitrogen and oxygen atoms in total. The number of aromatic amines is 2. The molecule has 98 valence electrons. The summed E-state index contributed by atoms with van der Waals surface area (Å²) in [6.45, 7) is 1.77. The first-order valence-electron chi connectivity index (χ1n) is 5.31. The van der Waals surface area contributed by atoms with Gasteiger partial charge in [-0.15, -0.1) is 0 Å². The van der Waals surface area contributed by atoms with Crippen LogP contribution in [0.4, 0.5) is 0 Å². The van der Waals surface area contributed by atoms with Gasteiger partial charge < -0.3 is 15.4 Å². The second-order valence-electron chi connectivity index (χ2n) is 3.64. The molecule has 0 aliphatic heterocycles. The van der Waals surface area contributed by atoms with Crippen LogP contribution in [0, 0.1) is 0 Å². The van der Waals surface area contributed by atoms with Crippen LogP contribution in [-0.4, -0.2) is 33.0 Å². The lowest BCUT2D eigenvalue weighted by Crippen LogP contribution is -2.43. The molecule has 0 unspecified atom stereocenters. The summed E-state index contributed by atoms with van der Waals surface area (Å²) in [5.74, 6) is -2.01. The fourth-order valence-electron chi connectivity index (χ4n) is 1.36. The Balaban J connectivity index is 2.90. The van der Waals surface area contributed by atoms with Crippen LogP contribution in [0.5, 0.6) is 0 Å². The van der Waals surface area contributed by atoms with Crippen molar-refractivity contribution in [1.29, 1.82) is 0 Å². The number of carboxylic acid groups (broad SMARTS) is 1. The molecule has 0 saturated heterocycles. The lowest BCUT2D eigenvalue weighted by molar-refractivity contribution is -0.139. The smallest absolute Gasteiger partial charge is 0.326 e. The molecule has 0 spiro atoms. The highest BCUT2D eigenvalue weighted by Gasteiger charge is 2.21. The van der Waals surface area contributed by atoms with Crippen LogP contribution in [0.3, 0.4) is 0 Å². The van der Waals surface area contributed by atoms with Crippen LogP contribution in [0.2, 0.25) is 0 Å². The summed E-state index contributed by atoms with van der Waals surface area (Å²) in [5.41, 5.74) is -1.94. The maximum atomic E-state index is 11.7. The molecule has 4 N–H and O–H groups in total. The standard InChI is InChI=1S/C10H13N3O5/c1-2-3-6(9(16)17)12-7(14)5-4-11-10(18)13-8(5)15/h4,6H,2-3H2,1H3,(H,12,14)(H,16,17)(H2,11,13,15,18)/t6-/m1/s1. The van der Waals surface area contributed by atoms with Gasteiger partial charge in [0.05, 0.1) is 0 Å². The van der Waals surface area contributed by atoms with Gasteiger partial charge in [-0.05, 0) is 6.42 Å². The maximum Gasteiger partial charge on any atom is 0.326 e. The minimum atomic E-state index is -1.17. The molecule has 0 aromatic carbocycles.